The average molecular weight is 501 g/mol. The molecule has 2 amide bonds. The van der Waals surface area contributed by atoms with E-state index in [1.54, 1.807) is 50.6 Å². The summed E-state index contributed by atoms with van der Waals surface area (Å²) in [6, 6.07) is 20.4. The van der Waals surface area contributed by atoms with Gasteiger partial charge in [-0.1, -0.05) is 18.2 Å². The molecule has 0 bridgehead atoms. The molecule has 1 heterocycles. The van der Waals surface area contributed by atoms with E-state index < -0.39 is 0 Å². The number of nitrogens with one attached hydrogen (secondary N) is 1. The van der Waals surface area contributed by atoms with Crippen LogP contribution in [0.5, 0.6) is 23.0 Å². The van der Waals surface area contributed by atoms with Crippen LogP contribution in [0.15, 0.2) is 66.7 Å². The molecule has 2 aliphatic rings. The van der Waals surface area contributed by atoms with Crippen LogP contribution in [0.2, 0.25) is 0 Å². The monoisotopic (exact) mass is 500 g/mol. The Labute approximate surface area is 217 Å². The highest BCUT2D eigenvalue weighted by atomic mass is 16.5. The Morgan fingerprint density at radius 1 is 0.892 bits per heavy atom. The SMILES string of the molecule is COc1cc(C(=O)N2CCC3(CC(NC(=O)c4ccc(Oc5ccccc5)cc4)C3)C2)cc(OC)c1C. The van der Waals surface area contributed by atoms with Crippen molar-refractivity contribution in [2.75, 3.05) is 27.3 Å². The lowest BCUT2D eigenvalue weighted by molar-refractivity contribution is 0.0609. The Hall–Kier alpha value is -4.00. The Kier molecular flexibility index (Phi) is 6.78. The molecular weight excluding hydrogens is 468 g/mol. The molecule has 1 N–H and O–H groups in total. The van der Waals surface area contributed by atoms with Crippen LogP contribution in [0, 0.1) is 12.3 Å². The molecule has 3 aromatic rings. The number of carbonyl (C=O) groups excluding carboxylic acids is 2. The summed E-state index contributed by atoms with van der Waals surface area (Å²) in [5.74, 6) is 2.62. The summed E-state index contributed by atoms with van der Waals surface area (Å²) in [6.45, 7) is 3.32. The lowest BCUT2D eigenvalue weighted by atomic mass is 9.65. The predicted molar refractivity (Wildman–Crippen MR) is 141 cm³/mol. The summed E-state index contributed by atoms with van der Waals surface area (Å²) in [7, 11) is 3.19. The van der Waals surface area contributed by atoms with Gasteiger partial charge in [0.2, 0.25) is 0 Å². The first-order valence-corrected chi connectivity index (χ1v) is 12.6. The van der Waals surface area contributed by atoms with Gasteiger partial charge in [-0.2, -0.15) is 0 Å². The van der Waals surface area contributed by atoms with Gasteiger partial charge in [-0.3, -0.25) is 9.59 Å². The molecule has 1 saturated carbocycles. The van der Waals surface area contributed by atoms with Crippen LogP contribution in [0.1, 0.15) is 45.5 Å². The smallest absolute Gasteiger partial charge is 0.254 e. The number of methoxy groups -OCH3 is 2. The first-order valence-electron chi connectivity index (χ1n) is 12.6. The fourth-order valence-corrected chi connectivity index (χ4v) is 5.49. The molecule has 1 aliphatic carbocycles. The van der Waals surface area contributed by atoms with Crippen LogP contribution in [-0.2, 0) is 0 Å². The zero-order valence-electron chi connectivity index (χ0n) is 21.5. The molecule has 1 spiro atoms. The number of likely N-dealkylation sites (tertiary alicyclic amines) is 1. The second kappa shape index (κ2) is 10.2. The van der Waals surface area contributed by atoms with Crippen molar-refractivity contribution in [3.63, 3.8) is 0 Å². The van der Waals surface area contributed by atoms with Gasteiger partial charge in [-0.15, -0.1) is 0 Å². The van der Waals surface area contributed by atoms with E-state index in [-0.39, 0.29) is 23.3 Å². The largest absolute Gasteiger partial charge is 0.496 e. The van der Waals surface area contributed by atoms with E-state index in [1.807, 2.05) is 42.2 Å². The number of amides is 2. The molecule has 5 rings (SSSR count). The summed E-state index contributed by atoms with van der Waals surface area (Å²) in [5.41, 5.74) is 2.11. The number of rotatable bonds is 7. The zero-order chi connectivity index (χ0) is 26.0. The summed E-state index contributed by atoms with van der Waals surface area (Å²) < 4.78 is 16.7. The third-order valence-corrected chi connectivity index (χ3v) is 7.51. The summed E-state index contributed by atoms with van der Waals surface area (Å²) >= 11 is 0. The maximum atomic E-state index is 13.2. The molecule has 0 unspecified atom stereocenters. The van der Waals surface area contributed by atoms with Crippen LogP contribution in [0.3, 0.4) is 0 Å². The first-order chi connectivity index (χ1) is 17.9. The molecule has 0 atom stereocenters. The summed E-state index contributed by atoms with van der Waals surface area (Å²) in [4.78, 5) is 27.9. The van der Waals surface area contributed by atoms with E-state index in [2.05, 4.69) is 5.32 Å². The Morgan fingerprint density at radius 2 is 1.51 bits per heavy atom. The van der Waals surface area contributed by atoms with Crippen molar-refractivity contribution in [3.8, 4) is 23.0 Å². The van der Waals surface area contributed by atoms with Crippen molar-refractivity contribution in [2.45, 2.75) is 32.2 Å². The Bertz CT molecular complexity index is 1260. The van der Waals surface area contributed by atoms with E-state index in [4.69, 9.17) is 14.2 Å². The minimum atomic E-state index is -0.0871. The molecule has 2 fully saturated rings. The molecule has 1 saturated heterocycles. The Morgan fingerprint density at radius 3 is 2.14 bits per heavy atom. The quantitative estimate of drug-likeness (QED) is 0.481. The fraction of sp³-hybridized carbons (Fsp3) is 0.333. The van der Waals surface area contributed by atoms with E-state index >= 15 is 0 Å². The van der Waals surface area contributed by atoms with Gasteiger partial charge in [0, 0.05) is 35.8 Å². The lowest BCUT2D eigenvalue weighted by Crippen LogP contribution is -2.52. The molecule has 3 aromatic carbocycles. The standard InChI is InChI=1S/C30H32N2O5/c1-20-26(35-2)15-22(16-27(20)36-3)29(34)32-14-13-30(19-32)17-23(18-30)31-28(33)21-9-11-25(12-10-21)37-24-7-5-4-6-8-24/h4-12,15-16,23H,13-14,17-19H2,1-3H3,(H,31,33). The van der Waals surface area contributed by atoms with Gasteiger partial charge < -0.3 is 24.4 Å². The second-order valence-electron chi connectivity index (χ2n) is 10.0. The molecule has 1 aliphatic heterocycles. The number of nitrogens with zero attached hydrogens (tertiary/aromatic N) is 1. The molecular formula is C30H32N2O5. The molecule has 192 valence electrons. The van der Waals surface area contributed by atoms with Crippen molar-refractivity contribution >= 4 is 11.8 Å². The lowest BCUT2D eigenvalue weighted by Gasteiger charge is -2.45. The molecule has 0 aromatic heterocycles. The first kappa shape index (κ1) is 24.7. The van der Waals surface area contributed by atoms with Crippen molar-refractivity contribution in [2.24, 2.45) is 5.41 Å². The van der Waals surface area contributed by atoms with Crippen molar-refractivity contribution < 1.29 is 23.8 Å². The average Bonchev–Trinajstić information content (AvgIpc) is 3.35. The van der Waals surface area contributed by atoms with Crippen LogP contribution in [0.4, 0.5) is 0 Å². The van der Waals surface area contributed by atoms with Gasteiger partial charge in [0.05, 0.1) is 14.2 Å². The predicted octanol–water partition coefficient (Wildman–Crippen LogP) is 5.23. The summed E-state index contributed by atoms with van der Waals surface area (Å²) in [6.07, 6.45) is 2.69. The van der Waals surface area contributed by atoms with Gasteiger partial charge in [0.1, 0.15) is 23.0 Å². The zero-order valence-corrected chi connectivity index (χ0v) is 21.5. The maximum absolute atomic E-state index is 13.2. The van der Waals surface area contributed by atoms with Gasteiger partial charge in [-0.05, 0) is 80.1 Å². The second-order valence-corrected chi connectivity index (χ2v) is 10.0. The minimum Gasteiger partial charge on any atom is -0.496 e. The number of hydrogen-bond donors (Lipinski definition) is 1. The number of ether oxygens (including phenoxy) is 3. The van der Waals surface area contributed by atoms with Crippen molar-refractivity contribution in [1.82, 2.24) is 10.2 Å². The molecule has 7 heteroatoms. The number of benzene rings is 3. The van der Waals surface area contributed by atoms with Gasteiger partial charge in [0.25, 0.3) is 11.8 Å². The van der Waals surface area contributed by atoms with E-state index in [0.29, 0.717) is 41.5 Å². The Balaban J connectivity index is 1.14. The third-order valence-electron chi connectivity index (χ3n) is 7.51. The van der Waals surface area contributed by atoms with Gasteiger partial charge in [0.15, 0.2) is 0 Å². The van der Waals surface area contributed by atoms with Crippen molar-refractivity contribution in [1.29, 1.82) is 0 Å². The maximum Gasteiger partial charge on any atom is 0.254 e. The molecule has 7 nitrogen and oxygen atoms in total. The normalized spacial score (nSPS) is 20.3. The van der Waals surface area contributed by atoms with Crippen molar-refractivity contribution in [3.05, 3.63) is 83.4 Å². The molecule has 0 radical (unpaired) electrons. The van der Waals surface area contributed by atoms with Crippen LogP contribution in [-0.4, -0.2) is 50.1 Å². The van der Waals surface area contributed by atoms with Crippen LogP contribution < -0.4 is 19.5 Å². The number of carbonyl (C=O) groups is 2. The minimum absolute atomic E-state index is 0.0150. The van der Waals surface area contributed by atoms with E-state index in [1.165, 1.54) is 0 Å². The fourth-order valence-electron chi connectivity index (χ4n) is 5.49. The highest BCUT2D eigenvalue weighted by molar-refractivity contribution is 5.96. The van der Waals surface area contributed by atoms with E-state index in [0.717, 1.165) is 30.6 Å². The van der Waals surface area contributed by atoms with Gasteiger partial charge in [-0.25, -0.2) is 0 Å². The highest BCUT2D eigenvalue weighted by Crippen LogP contribution is 2.48. The van der Waals surface area contributed by atoms with Gasteiger partial charge >= 0.3 is 0 Å². The number of para-hydroxylation sites is 1. The number of hydrogen-bond acceptors (Lipinski definition) is 5. The van der Waals surface area contributed by atoms with Crippen LogP contribution >= 0.6 is 0 Å². The van der Waals surface area contributed by atoms with Crippen LogP contribution in [0.25, 0.3) is 0 Å². The summed E-state index contributed by atoms with van der Waals surface area (Å²) in [5, 5.41) is 3.15. The molecule has 37 heavy (non-hydrogen) atoms. The van der Waals surface area contributed by atoms with E-state index in [9.17, 15) is 9.59 Å². The third kappa shape index (κ3) is 5.12. The topological polar surface area (TPSA) is 77.1 Å². The highest BCUT2D eigenvalue weighted by Gasteiger charge is 2.50.